The molecule has 0 saturated heterocycles. The molecule has 0 unspecified atom stereocenters. The molecule has 0 rings (SSSR count). The Morgan fingerprint density at radius 2 is 2.07 bits per heavy atom. The molecule has 0 bridgehead atoms. The maximum Gasteiger partial charge on any atom is 0.321 e. The van der Waals surface area contributed by atoms with E-state index in [0.29, 0.717) is 0 Å². The van der Waals surface area contributed by atoms with Gasteiger partial charge in [-0.1, -0.05) is 37.0 Å². The molecule has 0 aromatic carbocycles. The van der Waals surface area contributed by atoms with Gasteiger partial charge in [-0.05, 0) is 12.5 Å². The fourth-order valence-corrected chi connectivity index (χ4v) is 1.25. The summed E-state index contributed by atoms with van der Waals surface area (Å²) in [6, 6.07) is -0.982. The topological polar surface area (TPSA) is 63.3 Å². The molecule has 0 spiro atoms. The molecule has 82 valence electrons. The van der Waals surface area contributed by atoms with E-state index in [1.54, 1.807) is 18.2 Å². The lowest BCUT2D eigenvalue weighted by molar-refractivity contribution is -0.139. The summed E-state index contributed by atoms with van der Waals surface area (Å²) in [5.41, 5.74) is 6.34. The van der Waals surface area contributed by atoms with Crippen molar-refractivity contribution in [3.8, 4) is 0 Å². The zero-order valence-electron chi connectivity index (χ0n) is 8.89. The van der Waals surface area contributed by atoms with Gasteiger partial charge in [-0.3, -0.25) is 4.79 Å². The highest BCUT2D eigenvalue weighted by atomic mass is 16.4. The minimum Gasteiger partial charge on any atom is -0.480 e. The Kier molecular flexibility index (Phi) is 6.06. The molecule has 0 fully saturated rings. The van der Waals surface area contributed by atoms with Crippen LogP contribution in [0, 0.1) is 5.92 Å². The summed E-state index contributed by atoms with van der Waals surface area (Å²) in [6.45, 7) is 9.02. The van der Waals surface area contributed by atoms with Crippen molar-refractivity contribution in [1.29, 1.82) is 0 Å². The molecule has 0 radical (unpaired) electrons. The second kappa shape index (κ2) is 6.79. The summed E-state index contributed by atoms with van der Waals surface area (Å²) < 4.78 is 0. The average Bonchev–Trinajstić information content (AvgIpc) is 2.19. The van der Waals surface area contributed by atoms with Crippen LogP contribution in [0.15, 0.2) is 49.1 Å². The summed E-state index contributed by atoms with van der Waals surface area (Å²) >= 11 is 0. The highest BCUT2D eigenvalue weighted by Gasteiger charge is 2.23. The van der Waals surface area contributed by atoms with Crippen molar-refractivity contribution < 1.29 is 9.90 Å². The first-order chi connectivity index (χ1) is 7.08. The van der Waals surface area contributed by atoms with Crippen LogP contribution in [0.4, 0.5) is 0 Å². The first kappa shape index (κ1) is 13.4. The van der Waals surface area contributed by atoms with Crippen molar-refractivity contribution in [2.24, 2.45) is 11.7 Å². The summed E-state index contributed by atoms with van der Waals surface area (Å²) in [6.07, 6.45) is 8.49. The van der Waals surface area contributed by atoms with Crippen LogP contribution in [0.5, 0.6) is 0 Å². The molecule has 0 aromatic rings. The van der Waals surface area contributed by atoms with Gasteiger partial charge in [0.25, 0.3) is 0 Å². The van der Waals surface area contributed by atoms with E-state index < -0.39 is 17.9 Å². The standard InChI is InChI=1S/C12H17NO2/c1-4-7-9(8-5-2)10(6-3)11(13)12(14)15/h4-8,10-11H,1,3,13H2,2H3,(H,14,15)/b8-5-,9-7+/t10-,11+/m1/s1. The highest BCUT2D eigenvalue weighted by molar-refractivity contribution is 5.74. The molecule has 0 aliphatic carbocycles. The van der Waals surface area contributed by atoms with Crippen LogP contribution in [0.3, 0.4) is 0 Å². The third-order valence-corrected chi connectivity index (χ3v) is 1.98. The number of allylic oxidation sites excluding steroid dienone is 4. The molecular weight excluding hydrogens is 190 g/mol. The zero-order chi connectivity index (χ0) is 11.8. The van der Waals surface area contributed by atoms with Crippen molar-refractivity contribution in [2.45, 2.75) is 13.0 Å². The molecule has 0 aliphatic heterocycles. The summed E-state index contributed by atoms with van der Waals surface area (Å²) in [7, 11) is 0. The van der Waals surface area contributed by atoms with Crippen molar-refractivity contribution >= 4 is 5.97 Å². The van der Waals surface area contributed by atoms with Crippen LogP contribution in [-0.4, -0.2) is 17.1 Å². The van der Waals surface area contributed by atoms with Gasteiger partial charge >= 0.3 is 5.97 Å². The maximum absolute atomic E-state index is 10.8. The van der Waals surface area contributed by atoms with E-state index in [-0.39, 0.29) is 0 Å². The monoisotopic (exact) mass is 207 g/mol. The molecule has 3 nitrogen and oxygen atoms in total. The van der Waals surface area contributed by atoms with E-state index in [2.05, 4.69) is 13.2 Å². The van der Waals surface area contributed by atoms with Crippen molar-refractivity contribution in [1.82, 2.24) is 0 Å². The Labute approximate surface area is 90.3 Å². The molecule has 0 amide bonds. The van der Waals surface area contributed by atoms with Gasteiger partial charge in [-0.15, -0.1) is 6.58 Å². The van der Waals surface area contributed by atoms with Crippen molar-refractivity contribution in [3.05, 3.63) is 49.1 Å². The highest BCUT2D eigenvalue weighted by Crippen LogP contribution is 2.17. The molecular formula is C12H17NO2. The number of hydrogen-bond acceptors (Lipinski definition) is 2. The number of hydrogen-bond donors (Lipinski definition) is 2. The lowest BCUT2D eigenvalue weighted by Gasteiger charge is -2.17. The Morgan fingerprint density at radius 3 is 2.40 bits per heavy atom. The Hall–Kier alpha value is -1.61. The Balaban J connectivity index is 5.06. The molecule has 0 aliphatic rings. The quantitative estimate of drug-likeness (QED) is 0.516. The fourth-order valence-electron chi connectivity index (χ4n) is 1.25. The van der Waals surface area contributed by atoms with E-state index >= 15 is 0 Å². The minimum absolute atomic E-state index is 0.406. The number of nitrogens with two attached hydrogens (primary N) is 1. The van der Waals surface area contributed by atoms with Crippen LogP contribution in [-0.2, 0) is 4.79 Å². The lowest BCUT2D eigenvalue weighted by Crippen LogP contribution is -2.37. The van der Waals surface area contributed by atoms with Crippen LogP contribution in [0.1, 0.15) is 6.92 Å². The molecule has 3 N–H and O–H groups in total. The predicted molar refractivity (Wildman–Crippen MR) is 62.4 cm³/mol. The number of rotatable bonds is 6. The first-order valence-corrected chi connectivity index (χ1v) is 4.64. The van der Waals surface area contributed by atoms with Crippen molar-refractivity contribution in [2.75, 3.05) is 0 Å². The number of aliphatic carboxylic acids is 1. The molecule has 3 heteroatoms. The van der Waals surface area contributed by atoms with Gasteiger partial charge in [0.15, 0.2) is 0 Å². The second-order valence-electron chi connectivity index (χ2n) is 3.03. The third-order valence-electron chi connectivity index (χ3n) is 1.98. The number of carbonyl (C=O) groups is 1. The van der Waals surface area contributed by atoms with Crippen LogP contribution < -0.4 is 5.73 Å². The normalized spacial score (nSPS) is 16.0. The molecule has 2 atom stereocenters. The van der Waals surface area contributed by atoms with E-state index in [9.17, 15) is 4.79 Å². The first-order valence-electron chi connectivity index (χ1n) is 4.64. The van der Waals surface area contributed by atoms with Crippen LogP contribution >= 0.6 is 0 Å². The second-order valence-corrected chi connectivity index (χ2v) is 3.03. The average molecular weight is 207 g/mol. The maximum atomic E-state index is 10.8. The molecule has 0 heterocycles. The van der Waals surface area contributed by atoms with Gasteiger partial charge in [-0.2, -0.15) is 0 Å². The molecule has 15 heavy (non-hydrogen) atoms. The third kappa shape index (κ3) is 3.95. The Morgan fingerprint density at radius 1 is 1.47 bits per heavy atom. The van der Waals surface area contributed by atoms with Gasteiger partial charge in [0.05, 0.1) is 0 Å². The largest absolute Gasteiger partial charge is 0.480 e. The van der Waals surface area contributed by atoms with Crippen LogP contribution in [0.25, 0.3) is 0 Å². The van der Waals surface area contributed by atoms with Gasteiger partial charge in [0.2, 0.25) is 0 Å². The lowest BCUT2D eigenvalue weighted by atomic mass is 9.91. The summed E-state index contributed by atoms with van der Waals surface area (Å²) in [5, 5.41) is 8.82. The number of carboxylic acids is 1. The smallest absolute Gasteiger partial charge is 0.321 e. The fraction of sp³-hybridized carbons (Fsp3) is 0.250. The summed E-state index contributed by atoms with van der Waals surface area (Å²) in [5.74, 6) is -1.45. The van der Waals surface area contributed by atoms with Gasteiger partial charge < -0.3 is 10.8 Å². The van der Waals surface area contributed by atoms with Gasteiger partial charge in [-0.25, -0.2) is 0 Å². The summed E-state index contributed by atoms with van der Waals surface area (Å²) in [4.78, 5) is 10.8. The van der Waals surface area contributed by atoms with Crippen molar-refractivity contribution in [3.63, 3.8) is 0 Å². The Bertz CT molecular complexity index is 303. The van der Waals surface area contributed by atoms with E-state index in [0.717, 1.165) is 5.57 Å². The van der Waals surface area contributed by atoms with Gasteiger partial charge in [0.1, 0.15) is 6.04 Å². The minimum atomic E-state index is -1.04. The van der Waals surface area contributed by atoms with Gasteiger partial charge in [0, 0.05) is 5.92 Å². The van der Waals surface area contributed by atoms with E-state index in [4.69, 9.17) is 10.8 Å². The van der Waals surface area contributed by atoms with E-state index in [1.807, 2.05) is 13.0 Å². The molecule has 0 aromatic heterocycles. The number of carboxylic acid groups (broad SMARTS) is 1. The predicted octanol–water partition coefficient (Wildman–Crippen LogP) is 1.89. The van der Waals surface area contributed by atoms with Crippen LogP contribution in [0.2, 0.25) is 0 Å². The SMILES string of the molecule is C=C/C=C(\C=C/C)[C@@H](C=C)[C@H](N)C(=O)O. The van der Waals surface area contributed by atoms with E-state index in [1.165, 1.54) is 6.08 Å². The molecule has 0 saturated carbocycles. The zero-order valence-corrected chi connectivity index (χ0v) is 8.89.